The van der Waals surface area contributed by atoms with Gasteiger partial charge in [0.25, 0.3) is 11.8 Å². The summed E-state index contributed by atoms with van der Waals surface area (Å²) in [6.45, 7) is 5.34. The van der Waals surface area contributed by atoms with E-state index in [4.69, 9.17) is 21.2 Å². The zero-order valence-corrected chi connectivity index (χ0v) is 25.0. The van der Waals surface area contributed by atoms with Gasteiger partial charge in [0.15, 0.2) is 9.84 Å². The highest BCUT2D eigenvalue weighted by Crippen LogP contribution is 2.33. The molecule has 0 aromatic heterocycles. The fourth-order valence-electron chi connectivity index (χ4n) is 4.95. The number of ether oxygens (including phenoxy) is 1. The fraction of sp³-hybridized carbons (Fsp3) is 0.483. The van der Waals surface area contributed by atoms with Crippen LogP contribution < -0.4 is 15.7 Å². The molecule has 2 aromatic rings. The van der Waals surface area contributed by atoms with Crippen molar-refractivity contribution in [3.63, 3.8) is 0 Å². The summed E-state index contributed by atoms with van der Waals surface area (Å²) in [5.41, 5.74) is 2.40. The molecule has 0 unspecified atom stereocenters. The van der Waals surface area contributed by atoms with Gasteiger partial charge in [-0.05, 0) is 75.4 Å². The van der Waals surface area contributed by atoms with E-state index in [0.29, 0.717) is 23.1 Å². The van der Waals surface area contributed by atoms with Crippen molar-refractivity contribution in [1.29, 1.82) is 0 Å². The Bertz CT molecular complexity index is 1380. The number of carbonyl (C=O) groups is 3. The minimum Gasteiger partial charge on any atom is -0.444 e. The maximum Gasteiger partial charge on any atom is 0.408 e. The lowest BCUT2D eigenvalue weighted by atomic mass is 9.90. The molecular weight excluding hydrogens is 570 g/mol. The van der Waals surface area contributed by atoms with Crippen molar-refractivity contribution in [1.82, 2.24) is 10.8 Å². The first-order chi connectivity index (χ1) is 19.3. The molecule has 0 radical (unpaired) electrons. The second-order valence-corrected chi connectivity index (χ2v) is 13.9. The second-order valence-electron chi connectivity index (χ2n) is 11.5. The number of halogens is 1. The molecule has 1 heterocycles. The Kier molecular flexibility index (Phi) is 9.61. The van der Waals surface area contributed by atoms with Gasteiger partial charge in [0, 0.05) is 10.6 Å². The number of fused-ring (bicyclic) bond motifs is 1. The van der Waals surface area contributed by atoms with Gasteiger partial charge < -0.3 is 15.0 Å². The van der Waals surface area contributed by atoms with E-state index in [2.05, 4.69) is 10.8 Å². The van der Waals surface area contributed by atoms with E-state index in [0.717, 1.165) is 25.7 Å². The molecule has 1 saturated carbocycles. The summed E-state index contributed by atoms with van der Waals surface area (Å²) in [6.07, 6.45) is 4.67. The van der Waals surface area contributed by atoms with Crippen molar-refractivity contribution in [3.05, 3.63) is 58.6 Å². The van der Waals surface area contributed by atoms with Gasteiger partial charge in [-0.1, -0.05) is 43.0 Å². The van der Waals surface area contributed by atoms with Crippen LogP contribution in [0, 0.1) is 5.92 Å². The molecule has 41 heavy (non-hydrogen) atoms. The summed E-state index contributed by atoms with van der Waals surface area (Å²) in [6, 6.07) is 9.34. The first kappa shape index (κ1) is 30.8. The molecule has 0 saturated heterocycles. The zero-order chi connectivity index (χ0) is 29.8. The third-order valence-corrected chi connectivity index (χ3v) is 8.99. The maximum absolute atomic E-state index is 13.8. The van der Waals surface area contributed by atoms with Crippen LogP contribution in [0.5, 0.6) is 0 Å². The average molecular weight is 606 g/mol. The van der Waals surface area contributed by atoms with E-state index < -0.39 is 45.1 Å². The summed E-state index contributed by atoms with van der Waals surface area (Å²) in [4.78, 5) is 46.0. The number of rotatable bonds is 7. The van der Waals surface area contributed by atoms with E-state index >= 15 is 0 Å². The van der Waals surface area contributed by atoms with Crippen molar-refractivity contribution in [3.8, 4) is 0 Å². The Balaban J connectivity index is 1.64. The molecule has 0 spiro atoms. The van der Waals surface area contributed by atoms with Crippen LogP contribution >= 0.6 is 11.6 Å². The standard InChI is InChI=1S/C29H36ClN3O7S/c1-29(2,3)40-28(36)31-23-18-41(37,38)25-14-11-21(26(34)32-39-17-20-7-5-4-6-8-20)15-24(25)33(27(23)35)16-19-9-12-22(30)13-10-19/h9-15,20,23H,4-8,16-18H2,1-3H3,(H,31,36)(H,32,34)/t23-/m0/s1. The predicted octanol–water partition coefficient (Wildman–Crippen LogP) is 4.80. The summed E-state index contributed by atoms with van der Waals surface area (Å²) >= 11 is 6.03. The van der Waals surface area contributed by atoms with Crippen molar-refractivity contribution in [2.75, 3.05) is 17.3 Å². The number of hydrogen-bond acceptors (Lipinski definition) is 7. The number of alkyl carbamates (subject to hydrolysis) is 1. The van der Waals surface area contributed by atoms with E-state index in [1.54, 1.807) is 45.0 Å². The van der Waals surface area contributed by atoms with Gasteiger partial charge in [-0.3, -0.25) is 14.4 Å². The fourth-order valence-corrected chi connectivity index (χ4v) is 6.68. The molecule has 1 fully saturated rings. The van der Waals surface area contributed by atoms with Crippen LogP contribution in [0.2, 0.25) is 5.02 Å². The minimum atomic E-state index is -4.07. The number of benzene rings is 2. The molecule has 0 bridgehead atoms. The molecule has 1 aliphatic heterocycles. The Morgan fingerprint density at radius 1 is 1.05 bits per heavy atom. The minimum absolute atomic E-state index is 0.0263. The van der Waals surface area contributed by atoms with Crippen LogP contribution in [-0.4, -0.2) is 50.3 Å². The quantitative estimate of drug-likeness (QED) is 0.434. The summed E-state index contributed by atoms with van der Waals surface area (Å²) in [5.74, 6) is -1.53. The molecule has 3 amide bonds. The zero-order valence-electron chi connectivity index (χ0n) is 23.4. The monoisotopic (exact) mass is 605 g/mol. The Morgan fingerprint density at radius 3 is 2.39 bits per heavy atom. The number of anilines is 1. The van der Waals surface area contributed by atoms with Crippen LogP contribution in [0.15, 0.2) is 47.4 Å². The van der Waals surface area contributed by atoms with Gasteiger partial charge in [0.1, 0.15) is 11.6 Å². The van der Waals surface area contributed by atoms with Crippen molar-refractivity contribution in [2.24, 2.45) is 5.92 Å². The van der Waals surface area contributed by atoms with E-state index in [1.807, 2.05) is 0 Å². The largest absolute Gasteiger partial charge is 0.444 e. The van der Waals surface area contributed by atoms with Crippen LogP contribution in [0.25, 0.3) is 0 Å². The van der Waals surface area contributed by atoms with Crippen LogP contribution in [0.3, 0.4) is 0 Å². The molecular formula is C29H36ClN3O7S. The highest BCUT2D eigenvalue weighted by atomic mass is 35.5. The first-order valence-electron chi connectivity index (χ1n) is 13.7. The summed E-state index contributed by atoms with van der Waals surface area (Å²) < 4.78 is 32.2. The van der Waals surface area contributed by atoms with Crippen LogP contribution in [-0.2, 0) is 30.8 Å². The van der Waals surface area contributed by atoms with E-state index in [1.165, 1.54) is 29.5 Å². The lowest BCUT2D eigenvalue weighted by Crippen LogP contribution is -2.51. The molecule has 1 aliphatic carbocycles. The first-order valence-corrected chi connectivity index (χ1v) is 15.7. The SMILES string of the molecule is CC(C)(C)OC(=O)N[C@H]1CS(=O)(=O)c2ccc(C(=O)NOCC3CCCCC3)cc2N(Cc2ccc(Cl)cc2)C1=O. The maximum atomic E-state index is 13.8. The Labute approximate surface area is 245 Å². The van der Waals surface area contributed by atoms with Crippen LogP contribution in [0.1, 0.15) is 68.8 Å². The molecule has 2 N–H and O–H groups in total. The Hall–Kier alpha value is -3.15. The van der Waals surface area contributed by atoms with Gasteiger partial charge in [0.05, 0.1) is 29.5 Å². The summed E-state index contributed by atoms with van der Waals surface area (Å²) in [7, 11) is -4.07. The normalized spacial score (nSPS) is 19.2. The highest BCUT2D eigenvalue weighted by molar-refractivity contribution is 7.91. The lowest BCUT2D eigenvalue weighted by molar-refractivity contribution is -0.120. The summed E-state index contributed by atoms with van der Waals surface area (Å²) in [5, 5.41) is 2.92. The predicted molar refractivity (Wildman–Crippen MR) is 154 cm³/mol. The van der Waals surface area contributed by atoms with Gasteiger partial charge in [-0.15, -0.1) is 0 Å². The topological polar surface area (TPSA) is 131 Å². The van der Waals surface area contributed by atoms with Crippen molar-refractivity contribution >= 4 is 45.0 Å². The van der Waals surface area contributed by atoms with Crippen molar-refractivity contribution < 1.29 is 32.4 Å². The smallest absolute Gasteiger partial charge is 0.408 e. The van der Waals surface area contributed by atoms with Crippen LogP contribution in [0.4, 0.5) is 10.5 Å². The van der Waals surface area contributed by atoms with Gasteiger partial charge in [0.2, 0.25) is 0 Å². The third-order valence-electron chi connectivity index (χ3n) is 6.95. The van der Waals surface area contributed by atoms with E-state index in [-0.39, 0.29) is 22.7 Å². The van der Waals surface area contributed by atoms with E-state index in [9.17, 15) is 22.8 Å². The Morgan fingerprint density at radius 2 is 1.73 bits per heavy atom. The third kappa shape index (κ3) is 8.21. The van der Waals surface area contributed by atoms with Gasteiger partial charge >= 0.3 is 6.09 Å². The molecule has 2 aliphatic rings. The molecule has 10 nitrogen and oxygen atoms in total. The number of hydroxylamine groups is 1. The molecule has 222 valence electrons. The molecule has 1 atom stereocenters. The number of sulfone groups is 1. The second kappa shape index (κ2) is 12.8. The lowest BCUT2D eigenvalue weighted by Gasteiger charge is -2.27. The molecule has 4 rings (SSSR count). The number of nitrogens with zero attached hydrogens (tertiary/aromatic N) is 1. The van der Waals surface area contributed by atoms with Crippen molar-refractivity contribution in [2.45, 2.75) is 76.0 Å². The number of hydrogen-bond donors (Lipinski definition) is 2. The molecule has 12 heteroatoms. The molecule has 2 aromatic carbocycles. The number of amides is 3. The average Bonchev–Trinajstić information content (AvgIpc) is 2.97. The number of nitrogens with one attached hydrogen (secondary N) is 2. The van der Waals surface area contributed by atoms with Gasteiger partial charge in [-0.25, -0.2) is 18.7 Å². The van der Waals surface area contributed by atoms with Gasteiger partial charge in [-0.2, -0.15) is 0 Å². The number of carbonyl (C=O) groups excluding carboxylic acids is 3. The highest BCUT2D eigenvalue weighted by Gasteiger charge is 2.39.